The molecular weight excluding hydrogens is 364 g/mol. The van der Waals surface area contributed by atoms with Crippen molar-refractivity contribution in [2.45, 2.75) is 89.6 Å². The van der Waals surface area contributed by atoms with Crippen molar-refractivity contribution in [2.24, 2.45) is 0 Å². The smallest absolute Gasteiger partial charge is 0.326 e. The Morgan fingerprint density at radius 1 is 1.21 bits per heavy atom. The topological polar surface area (TPSA) is 134 Å². The molecule has 1 aromatic rings. The molecule has 1 aliphatic rings. The summed E-state index contributed by atoms with van der Waals surface area (Å²) in [5.41, 5.74) is -0.623. The molecule has 9 nitrogen and oxygen atoms in total. The molecule has 0 radical (unpaired) electrons. The maximum absolute atomic E-state index is 12.0. The standard InChI is InChI=1S/C19H30N4O5/c1-3-8-14(17(26)27)20-15(25)9-10-16-21-18(23-28-16)19(22-13(2)24)11-6-4-5-7-12-19/h14H,3-12H2,1-2H3,(H,20,25)(H,22,24)(H,26,27). The molecule has 9 heteroatoms. The Morgan fingerprint density at radius 2 is 1.89 bits per heavy atom. The van der Waals surface area contributed by atoms with Crippen molar-refractivity contribution in [3.63, 3.8) is 0 Å². The van der Waals surface area contributed by atoms with Crippen LogP contribution in [0.3, 0.4) is 0 Å². The van der Waals surface area contributed by atoms with E-state index in [1.807, 2.05) is 6.92 Å². The van der Waals surface area contributed by atoms with Gasteiger partial charge >= 0.3 is 5.97 Å². The van der Waals surface area contributed by atoms with E-state index in [2.05, 4.69) is 20.8 Å². The van der Waals surface area contributed by atoms with E-state index in [0.717, 1.165) is 38.5 Å². The highest BCUT2D eigenvalue weighted by molar-refractivity contribution is 5.83. The van der Waals surface area contributed by atoms with Gasteiger partial charge < -0.3 is 20.3 Å². The molecule has 1 unspecified atom stereocenters. The first kappa shape index (κ1) is 21.8. The van der Waals surface area contributed by atoms with E-state index < -0.39 is 17.6 Å². The first-order chi connectivity index (χ1) is 13.4. The van der Waals surface area contributed by atoms with Crippen molar-refractivity contribution < 1.29 is 24.0 Å². The van der Waals surface area contributed by atoms with Gasteiger partial charge in [0.05, 0.1) is 0 Å². The molecule has 1 aromatic heterocycles. The molecule has 156 valence electrons. The fraction of sp³-hybridized carbons (Fsp3) is 0.737. The minimum Gasteiger partial charge on any atom is -0.480 e. The second-order valence-corrected chi connectivity index (χ2v) is 7.44. The Hall–Kier alpha value is -2.45. The van der Waals surface area contributed by atoms with E-state index in [1.54, 1.807) is 0 Å². The second kappa shape index (κ2) is 10.2. The van der Waals surface area contributed by atoms with Gasteiger partial charge in [-0.1, -0.05) is 44.2 Å². The third-order valence-electron chi connectivity index (χ3n) is 5.05. The summed E-state index contributed by atoms with van der Waals surface area (Å²) in [6, 6.07) is -0.884. The number of carboxylic acid groups (broad SMARTS) is 1. The lowest BCUT2D eigenvalue weighted by Crippen LogP contribution is -2.45. The van der Waals surface area contributed by atoms with E-state index >= 15 is 0 Å². The van der Waals surface area contributed by atoms with Gasteiger partial charge in [-0.3, -0.25) is 9.59 Å². The lowest BCUT2D eigenvalue weighted by Gasteiger charge is -2.30. The van der Waals surface area contributed by atoms with E-state index in [4.69, 9.17) is 9.63 Å². The fourth-order valence-corrected chi connectivity index (χ4v) is 3.66. The Bertz CT molecular complexity index is 680. The monoisotopic (exact) mass is 394 g/mol. The molecule has 2 amide bonds. The molecule has 0 spiro atoms. The van der Waals surface area contributed by atoms with Crippen LogP contribution in [0.25, 0.3) is 0 Å². The lowest BCUT2D eigenvalue weighted by molar-refractivity contribution is -0.142. The van der Waals surface area contributed by atoms with Crippen molar-refractivity contribution in [3.05, 3.63) is 11.7 Å². The van der Waals surface area contributed by atoms with Crippen LogP contribution < -0.4 is 10.6 Å². The molecule has 0 saturated heterocycles. The number of carbonyl (C=O) groups excluding carboxylic acids is 2. The minimum absolute atomic E-state index is 0.0578. The van der Waals surface area contributed by atoms with E-state index in [9.17, 15) is 14.4 Å². The van der Waals surface area contributed by atoms with Crippen LogP contribution in [-0.2, 0) is 26.3 Å². The van der Waals surface area contributed by atoms with Crippen molar-refractivity contribution >= 4 is 17.8 Å². The molecule has 0 aliphatic heterocycles. The molecule has 0 aromatic carbocycles. The summed E-state index contributed by atoms with van der Waals surface area (Å²) in [7, 11) is 0. The summed E-state index contributed by atoms with van der Waals surface area (Å²) in [6.45, 7) is 3.34. The Morgan fingerprint density at radius 3 is 2.46 bits per heavy atom. The zero-order valence-electron chi connectivity index (χ0n) is 16.6. The molecule has 28 heavy (non-hydrogen) atoms. The maximum atomic E-state index is 12.0. The molecule has 2 rings (SSSR count). The predicted molar refractivity (Wildman–Crippen MR) is 100 cm³/mol. The molecule has 1 aliphatic carbocycles. The van der Waals surface area contributed by atoms with Gasteiger partial charge in [0.15, 0.2) is 5.82 Å². The molecule has 1 heterocycles. The third kappa shape index (κ3) is 6.03. The molecule has 1 saturated carbocycles. The number of hydrogen-bond acceptors (Lipinski definition) is 6. The number of hydrogen-bond donors (Lipinski definition) is 3. The number of amides is 2. The lowest BCUT2D eigenvalue weighted by atomic mass is 9.89. The zero-order valence-corrected chi connectivity index (χ0v) is 16.6. The van der Waals surface area contributed by atoms with Crippen LogP contribution in [0.4, 0.5) is 0 Å². The van der Waals surface area contributed by atoms with Gasteiger partial charge in [-0.05, 0) is 19.3 Å². The number of carboxylic acids is 1. The molecule has 3 N–H and O–H groups in total. The van der Waals surface area contributed by atoms with Crippen molar-refractivity contribution in [3.8, 4) is 0 Å². The van der Waals surface area contributed by atoms with Crippen molar-refractivity contribution in [1.82, 2.24) is 20.8 Å². The number of aryl methyl sites for hydroxylation is 1. The Kier molecular flexibility index (Phi) is 7.95. The number of aliphatic carboxylic acids is 1. The largest absolute Gasteiger partial charge is 0.480 e. The Balaban J connectivity index is 2.00. The second-order valence-electron chi connectivity index (χ2n) is 7.44. The third-order valence-corrected chi connectivity index (χ3v) is 5.05. The number of nitrogens with one attached hydrogen (secondary N) is 2. The van der Waals surface area contributed by atoms with Gasteiger partial charge in [0.2, 0.25) is 17.7 Å². The average Bonchev–Trinajstić information content (AvgIpc) is 2.99. The predicted octanol–water partition coefficient (Wildman–Crippen LogP) is 2.06. The summed E-state index contributed by atoms with van der Waals surface area (Å²) in [4.78, 5) is 39.4. The number of carbonyl (C=O) groups is 3. The Labute approximate surface area is 164 Å². The van der Waals surface area contributed by atoms with Gasteiger partial charge in [0, 0.05) is 19.8 Å². The zero-order chi connectivity index (χ0) is 20.6. The number of nitrogens with zero attached hydrogens (tertiary/aromatic N) is 2. The van der Waals surface area contributed by atoms with E-state index in [1.165, 1.54) is 6.92 Å². The van der Waals surface area contributed by atoms with Crippen molar-refractivity contribution in [2.75, 3.05) is 0 Å². The highest BCUT2D eigenvalue weighted by Crippen LogP contribution is 2.34. The van der Waals surface area contributed by atoms with Crippen molar-refractivity contribution in [1.29, 1.82) is 0 Å². The fourth-order valence-electron chi connectivity index (χ4n) is 3.66. The maximum Gasteiger partial charge on any atom is 0.326 e. The summed E-state index contributed by atoms with van der Waals surface area (Å²) in [6.07, 6.45) is 6.98. The minimum atomic E-state index is -1.04. The van der Waals surface area contributed by atoms with Crippen LogP contribution in [0.2, 0.25) is 0 Å². The quantitative estimate of drug-likeness (QED) is 0.546. The normalized spacial score (nSPS) is 17.4. The first-order valence-corrected chi connectivity index (χ1v) is 10.0. The van der Waals surface area contributed by atoms with Crippen LogP contribution in [0.5, 0.6) is 0 Å². The first-order valence-electron chi connectivity index (χ1n) is 10.0. The molecule has 1 fully saturated rings. The highest BCUT2D eigenvalue weighted by Gasteiger charge is 2.38. The van der Waals surface area contributed by atoms with Gasteiger partial charge in [0.25, 0.3) is 0 Å². The van der Waals surface area contributed by atoms with Gasteiger partial charge in [0.1, 0.15) is 11.6 Å². The van der Waals surface area contributed by atoms with Gasteiger partial charge in [-0.2, -0.15) is 4.98 Å². The van der Waals surface area contributed by atoms with E-state index in [-0.39, 0.29) is 24.7 Å². The number of rotatable bonds is 9. The van der Waals surface area contributed by atoms with Crippen LogP contribution >= 0.6 is 0 Å². The SMILES string of the molecule is CCCC(NC(=O)CCc1nc(C2(NC(C)=O)CCCCCC2)no1)C(=O)O. The summed E-state index contributed by atoms with van der Waals surface area (Å²) in [5.74, 6) is -0.785. The van der Waals surface area contributed by atoms with Crippen LogP contribution in [0, 0.1) is 0 Å². The summed E-state index contributed by atoms with van der Waals surface area (Å²) < 4.78 is 5.31. The highest BCUT2D eigenvalue weighted by atomic mass is 16.5. The summed E-state index contributed by atoms with van der Waals surface area (Å²) in [5, 5.41) is 18.7. The molecular formula is C19H30N4O5. The molecule has 0 bridgehead atoms. The summed E-state index contributed by atoms with van der Waals surface area (Å²) >= 11 is 0. The average molecular weight is 394 g/mol. The van der Waals surface area contributed by atoms with Gasteiger partial charge in [-0.25, -0.2) is 4.79 Å². The molecule has 1 atom stereocenters. The van der Waals surface area contributed by atoms with Crippen LogP contribution in [0.1, 0.15) is 83.3 Å². The van der Waals surface area contributed by atoms with Gasteiger partial charge in [-0.15, -0.1) is 0 Å². The van der Waals surface area contributed by atoms with E-state index in [0.29, 0.717) is 24.6 Å². The van der Waals surface area contributed by atoms with Crippen LogP contribution in [0.15, 0.2) is 4.52 Å². The van der Waals surface area contributed by atoms with Crippen LogP contribution in [-0.4, -0.2) is 39.1 Å². The number of aromatic nitrogens is 2.